The zero-order chi connectivity index (χ0) is 13.4. The zero-order valence-electron chi connectivity index (χ0n) is 10.2. The highest BCUT2D eigenvalue weighted by Crippen LogP contribution is 2.28. The van der Waals surface area contributed by atoms with E-state index >= 15 is 0 Å². The first kappa shape index (κ1) is 12.5. The Morgan fingerprint density at radius 3 is 2.79 bits per heavy atom. The Morgan fingerprint density at radius 1 is 1.26 bits per heavy atom. The van der Waals surface area contributed by atoms with Crippen molar-refractivity contribution in [1.82, 2.24) is 9.97 Å². The first-order valence-corrected chi connectivity index (χ1v) is 7.51. The van der Waals surface area contributed by atoms with Gasteiger partial charge in [0, 0.05) is 20.4 Å². The van der Waals surface area contributed by atoms with E-state index < -0.39 is 0 Å². The van der Waals surface area contributed by atoms with Gasteiger partial charge in [0.1, 0.15) is 0 Å². The summed E-state index contributed by atoms with van der Waals surface area (Å²) in [4.78, 5) is 18.0. The van der Waals surface area contributed by atoms with Gasteiger partial charge in [-0.3, -0.25) is 0 Å². The molecule has 0 bridgehead atoms. The molecule has 0 amide bonds. The summed E-state index contributed by atoms with van der Waals surface area (Å²) in [5.41, 5.74) is 2.44. The molecule has 1 unspecified atom stereocenters. The van der Waals surface area contributed by atoms with E-state index in [1.807, 2.05) is 18.2 Å². The van der Waals surface area contributed by atoms with Gasteiger partial charge in [0.25, 0.3) is 0 Å². The minimum Gasteiger partial charge on any atom is -0.378 e. The van der Waals surface area contributed by atoms with Crippen LogP contribution in [0.15, 0.2) is 38.9 Å². The van der Waals surface area contributed by atoms with Crippen LogP contribution in [0.3, 0.4) is 0 Å². The van der Waals surface area contributed by atoms with Crippen molar-refractivity contribution in [3.63, 3.8) is 0 Å². The Balaban J connectivity index is 1.86. The Bertz CT molecular complexity index is 773. The lowest BCUT2D eigenvalue weighted by atomic mass is 10.2. The van der Waals surface area contributed by atoms with Crippen molar-refractivity contribution in [1.29, 1.82) is 0 Å². The summed E-state index contributed by atoms with van der Waals surface area (Å²) in [6, 6.07) is 8.13. The number of benzene rings is 1. The molecular formula is C13H12BrN3OS. The van der Waals surface area contributed by atoms with E-state index in [4.69, 9.17) is 0 Å². The van der Waals surface area contributed by atoms with E-state index in [1.165, 1.54) is 4.88 Å². The second kappa shape index (κ2) is 4.86. The van der Waals surface area contributed by atoms with Crippen molar-refractivity contribution in [3.05, 3.63) is 49.5 Å². The second-order valence-corrected chi connectivity index (χ2v) is 6.23. The van der Waals surface area contributed by atoms with Gasteiger partial charge in [-0.2, -0.15) is 0 Å². The summed E-state index contributed by atoms with van der Waals surface area (Å²) < 4.78 is 1.10. The minimum atomic E-state index is -0.178. The maximum atomic E-state index is 11.2. The van der Waals surface area contributed by atoms with Crippen LogP contribution >= 0.6 is 27.3 Å². The molecule has 0 saturated heterocycles. The van der Waals surface area contributed by atoms with Crippen molar-refractivity contribution in [2.24, 2.45) is 0 Å². The van der Waals surface area contributed by atoms with Crippen LogP contribution in [0.5, 0.6) is 0 Å². The molecule has 0 aliphatic heterocycles. The standard InChI is InChI=1S/C13H12BrN3OS/c1-7(12-4-8(14)6-19-12)15-9-2-3-10-11(5-9)17-13(18)16-10/h2-7,15H,1H3,(H2,16,17,18). The van der Waals surface area contributed by atoms with Gasteiger partial charge < -0.3 is 15.3 Å². The molecular weight excluding hydrogens is 326 g/mol. The number of aromatic nitrogens is 2. The van der Waals surface area contributed by atoms with Crippen molar-refractivity contribution in [2.45, 2.75) is 13.0 Å². The Hall–Kier alpha value is -1.53. The van der Waals surface area contributed by atoms with E-state index in [2.05, 4.69) is 49.6 Å². The van der Waals surface area contributed by atoms with Gasteiger partial charge in [-0.15, -0.1) is 11.3 Å². The molecule has 19 heavy (non-hydrogen) atoms. The number of aromatic amines is 2. The summed E-state index contributed by atoms with van der Waals surface area (Å²) >= 11 is 5.17. The van der Waals surface area contributed by atoms with Gasteiger partial charge in [0.2, 0.25) is 0 Å². The van der Waals surface area contributed by atoms with Crippen molar-refractivity contribution in [2.75, 3.05) is 5.32 Å². The number of imidazole rings is 1. The van der Waals surface area contributed by atoms with Crippen molar-refractivity contribution < 1.29 is 0 Å². The molecule has 2 aromatic heterocycles. The van der Waals surface area contributed by atoms with Gasteiger partial charge in [0.05, 0.1) is 17.1 Å². The molecule has 0 fully saturated rings. The van der Waals surface area contributed by atoms with Gasteiger partial charge in [-0.1, -0.05) is 0 Å². The summed E-state index contributed by atoms with van der Waals surface area (Å²) in [5.74, 6) is 0. The summed E-state index contributed by atoms with van der Waals surface area (Å²) in [7, 11) is 0. The molecule has 4 nitrogen and oxygen atoms in total. The molecule has 2 heterocycles. The normalized spacial score (nSPS) is 12.7. The third kappa shape index (κ3) is 2.59. The average molecular weight is 338 g/mol. The van der Waals surface area contributed by atoms with Crippen LogP contribution in [0.1, 0.15) is 17.8 Å². The van der Waals surface area contributed by atoms with Crippen LogP contribution < -0.4 is 11.0 Å². The number of hydrogen-bond acceptors (Lipinski definition) is 3. The van der Waals surface area contributed by atoms with E-state index in [9.17, 15) is 4.79 Å². The maximum absolute atomic E-state index is 11.2. The molecule has 0 radical (unpaired) electrons. The van der Waals surface area contributed by atoms with Gasteiger partial charge in [-0.05, 0) is 47.1 Å². The topological polar surface area (TPSA) is 60.7 Å². The highest BCUT2D eigenvalue weighted by Gasteiger charge is 2.08. The Kier molecular flexibility index (Phi) is 3.20. The van der Waals surface area contributed by atoms with Crippen LogP contribution in [0.2, 0.25) is 0 Å². The quantitative estimate of drug-likeness (QED) is 0.679. The lowest BCUT2D eigenvalue weighted by Crippen LogP contribution is -2.04. The Labute approximate surface area is 122 Å². The molecule has 0 saturated carbocycles. The zero-order valence-corrected chi connectivity index (χ0v) is 12.6. The first-order valence-electron chi connectivity index (χ1n) is 5.84. The molecule has 1 atom stereocenters. The van der Waals surface area contributed by atoms with Crippen LogP contribution in [0, 0.1) is 0 Å². The fourth-order valence-electron chi connectivity index (χ4n) is 2.00. The number of thiophene rings is 1. The molecule has 0 aliphatic carbocycles. The van der Waals surface area contributed by atoms with Crippen molar-refractivity contribution in [3.8, 4) is 0 Å². The lowest BCUT2D eigenvalue weighted by Gasteiger charge is -2.13. The number of nitrogens with one attached hydrogen (secondary N) is 3. The molecule has 3 rings (SSSR count). The van der Waals surface area contributed by atoms with Crippen LogP contribution in [-0.2, 0) is 0 Å². The Morgan fingerprint density at radius 2 is 2.05 bits per heavy atom. The maximum Gasteiger partial charge on any atom is 0.323 e. The average Bonchev–Trinajstić information content (AvgIpc) is 2.93. The van der Waals surface area contributed by atoms with Crippen molar-refractivity contribution >= 4 is 44.0 Å². The van der Waals surface area contributed by atoms with Gasteiger partial charge in [0.15, 0.2) is 0 Å². The van der Waals surface area contributed by atoms with E-state index in [1.54, 1.807) is 11.3 Å². The van der Waals surface area contributed by atoms with Crippen LogP contribution in [0.4, 0.5) is 5.69 Å². The summed E-state index contributed by atoms with van der Waals surface area (Å²) in [6.07, 6.45) is 0. The predicted octanol–water partition coefficient (Wildman–Crippen LogP) is 3.85. The molecule has 3 N–H and O–H groups in total. The fourth-order valence-corrected chi connectivity index (χ4v) is 3.45. The fraction of sp³-hybridized carbons (Fsp3) is 0.154. The molecule has 0 aliphatic rings. The second-order valence-electron chi connectivity index (χ2n) is 4.37. The molecule has 0 spiro atoms. The van der Waals surface area contributed by atoms with E-state index in [0.717, 1.165) is 21.2 Å². The number of fused-ring (bicyclic) bond motifs is 1. The number of rotatable bonds is 3. The number of H-pyrrole nitrogens is 2. The monoisotopic (exact) mass is 337 g/mol. The predicted molar refractivity (Wildman–Crippen MR) is 83.0 cm³/mol. The molecule has 98 valence electrons. The molecule has 3 aromatic rings. The summed E-state index contributed by atoms with van der Waals surface area (Å²) in [5, 5.41) is 5.50. The first-order chi connectivity index (χ1) is 9.11. The number of hydrogen-bond donors (Lipinski definition) is 3. The van der Waals surface area contributed by atoms with E-state index in [-0.39, 0.29) is 11.7 Å². The smallest absolute Gasteiger partial charge is 0.323 e. The molecule has 1 aromatic carbocycles. The van der Waals surface area contributed by atoms with Gasteiger partial charge >= 0.3 is 5.69 Å². The minimum absolute atomic E-state index is 0.178. The third-order valence-corrected chi connectivity index (χ3v) is 4.79. The highest BCUT2D eigenvalue weighted by molar-refractivity contribution is 9.10. The molecule has 6 heteroatoms. The highest BCUT2D eigenvalue weighted by atomic mass is 79.9. The summed E-state index contributed by atoms with van der Waals surface area (Å²) in [6.45, 7) is 2.11. The number of halogens is 1. The number of anilines is 1. The van der Waals surface area contributed by atoms with E-state index in [0.29, 0.717) is 0 Å². The van der Waals surface area contributed by atoms with Gasteiger partial charge in [-0.25, -0.2) is 4.79 Å². The van der Waals surface area contributed by atoms with Crippen LogP contribution in [-0.4, -0.2) is 9.97 Å². The SMILES string of the molecule is CC(Nc1ccc2[nH]c(=O)[nH]c2c1)c1cc(Br)cs1. The lowest BCUT2D eigenvalue weighted by molar-refractivity contribution is 0.908. The van der Waals surface area contributed by atoms with Crippen LogP contribution in [0.25, 0.3) is 11.0 Å². The third-order valence-electron chi connectivity index (χ3n) is 2.91. The largest absolute Gasteiger partial charge is 0.378 e.